The van der Waals surface area contributed by atoms with Gasteiger partial charge in [0, 0.05) is 35.8 Å². The van der Waals surface area contributed by atoms with Crippen LogP contribution < -0.4 is 0 Å². The van der Waals surface area contributed by atoms with E-state index < -0.39 is 0 Å². The molecule has 5 radical (unpaired) electrons. The SMILES string of the molecule is C.C.C.CCCCCCCCn1c2c[c]sc2c2sccc21.[Sn]. The minimum absolute atomic E-state index is 0. The van der Waals surface area contributed by atoms with Crippen molar-refractivity contribution in [1.82, 2.24) is 4.57 Å². The molecule has 0 aliphatic rings. The molecule has 3 heterocycles. The summed E-state index contributed by atoms with van der Waals surface area (Å²) in [5, 5.41) is 5.50. The number of rotatable bonds is 7. The Morgan fingerprint density at radius 3 is 2.39 bits per heavy atom. The molecule has 3 aromatic rings. The van der Waals surface area contributed by atoms with Gasteiger partial charge in [-0.3, -0.25) is 0 Å². The first-order chi connectivity index (χ1) is 9.42. The van der Waals surface area contributed by atoms with Gasteiger partial charge in [0.15, 0.2) is 0 Å². The zero-order chi connectivity index (χ0) is 13.1. The molecule has 3 rings (SSSR count). The van der Waals surface area contributed by atoms with Gasteiger partial charge < -0.3 is 4.57 Å². The maximum Gasteiger partial charge on any atom is 0.0707 e. The Hall–Kier alpha value is -0.00130. The van der Waals surface area contributed by atoms with Crippen molar-refractivity contribution < 1.29 is 0 Å². The van der Waals surface area contributed by atoms with Crippen LogP contribution in [0.4, 0.5) is 0 Å². The summed E-state index contributed by atoms with van der Waals surface area (Å²) in [6, 6.07) is 4.42. The molecule has 0 aromatic carbocycles. The summed E-state index contributed by atoms with van der Waals surface area (Å²) in [4.78, 5) is 0. The molecular weight excluding hydrogens is 425 g/mol. The summed E-state index contributed by atoms with van der Waals surface area (Å²) in [5.41, 5.74) is 2.81. The van der Waals surface area contributed by atoms with Crippen LogP contribution in [0.1, 0.15) is 67.7 Å². The summed E-state index contributed by atoms with van der Waals surface area (Å²) < 4.78 is 5.37. The monoisotopic (exact) mass is 458 g/mol. The normalized spacial score (nSPS) is 9.78. The molecule has 3 aromatic heterocycles. The second-order valence-electron chi connectivity index (χ2n) is 5.13. The predicted molar refractivity (Wildman–Crippen MR) is 113 cm³/mol. The van der Waals surface area contributed by atoms with Gasteiger partial charge in [0.1, 0.15) is 0 Å². The Kier molecular flexibility index (Phi) is 13.6. The van der Waals surface area contributed by atoms with E-state index in [1.165, 1.54) is 59.0 Å². The van der Waals surface area contributed by atoms with Crippen molar-refractivity contribution in [3.05, 3.63) is 22.9 Å². The van der Waals surface area contributed by atoms with Gasteiger partial charge >= 0.3 is 0 Å². The topological polar surface area (TPSA) is 4.93 Å². The predicted octanol–water partition coefficient (Wildman–Crippen LogP) is 7.61. The molecule has 0 saturated carbocycles. The largest absolute Gasteiger partial charge is 0.339 e. The zero-order valence-electron chi connectivity index (χ0n) is 11.9. The van der Waals surface area contributed by atoms with Gasteiger partial charge in [-0.15, -0.1) is 22.7 Å². The van der Waals surface area contributed by atoms with E-state index in [-0.39, 0.29) is 46.2 Å². The van der Waals surface area contributed by atoms with Crippen LogP contribution in [-0.4, -0.2) is 28.5 Å². The molecule has 0 spiro atoms. The third-order valence-corrected chi connectivity index (χ3v) is 5.66. The van der Waals surface area contributed by atoms with Crippen molar-refractivity contribution in [1.29, 1.82) is 0 Å². The van der Waals surface area contributed by atoms with Crippen LogP contribution in [0.5, 0.6) is 0 Å². The van der Waals surface area contributed by atoms with E-state index in [1.807, 2.05) is 11.3 Å². The van der Waals surface area contributed by atoms with E-state index >= 15 is 0 Å². The second-order valence-corrected chi connectivity index (χ2v) is 6.90. The maximum atomic E-state index is 3.29. The Labute approximate surface area is 168 Å². The molecule has 1 nitrogen and oxygen atoms in total. The first kappa shape index (κ1) is 25.2. The van der Waals surface area contributed by atoms with Crippen molar-refractivity contribution in [2.75, 3.05) is 0 Å². The van der Waals surface area contributed by atoms with Crippen LogP contribution >= 0.6 is 22.7 Å². The minimum Gasteiger partial charge on any atom is -0.339 e. The number of unbranched alkanes of at least 4 members (excludes halogenated alkanes) is 5. The van der Waals surface area contributed by atoms with Gasteiger partial charge in [-0.05, 0) is 23.9 Å². The first-order valence-corrected chi connectivity index (χ1v) is 8.96. The van der Waals surface area contributed by atoms with Gasteiger partial charge in [-0.2, -0.15) is 0 Å². The molecule has 0 amide bonds. The van der Waals surface area contributed by atoms with Crippen molar-refractivity contribution in [3.8, 4) is 0 Å². The molecule has 4 heteroatoms. The molecular formula is C19H32NS2Sn. The maximum absolute atomic E-state index is 3.29. The average Bonchev–Trinajstić information content (AvgIpc) is 3.09. The zero-order valence-corrected chi connectivity index (χ0v) is 16.4. The van der Waals surface area contributed by atoms with E-state index in [0.717, 1.165) is 6.54 Å². The van der Waals surface area contributed by atoms with Crippen LogP contribution in [0.15, 0.2) is 17.5 Å². The molecule has 0 saturated heterocycles. The number of thiophene rings is 2. The Morgan fingerprint density at radius 2 is 1.65 bits per heavy atom. The molecule has 0 bridgehead atoms. The quantitative estimate of drug-likeness (QED) is 0.254. The third-order valence-electron chi connectivity index (χ3n) is 3.76. The molecule has 0 unspecified atom stereocenters. The fraction of sp³-hybridized carbons (Fsp3) is 0.579. The molecule has 0 fully saturated rings. The number of nitrogens with zero attached hydrogens (tertiary/aromatic N) is 1. The summed E-state index contributed by atoms with van der Waals surface area (Å²) in [5.74, 6) is 0. The first-order valence-electron chi connectivity index (χ1n) is 7.27. The second kappa shape index (κ2) is 12.4. The van der Waals surface area contributed by atoms with E-state index in [2.05, 4.69) is 34.4 Å². The van der Waals surface area contributed by atoms with E-state index in [1.54, 1.807) is 11.3 Å². The minimum atomic E-state index is 0. The Balaban J connectivity index is 0. The van der Waals surface area contributed by atoms with Gasteiger partial charge in [0.05, 0.1) is 20.4 Å². The molecule has 0 aliphatic heterocycles. The van der Waals surface area contributed by atoms with Crippen molar-refractivity contribution >= 4 is 67.0 Å². The molecule has 0 aliphatic carbocycles. The van der Waals surface area contributed by atoms with Gasteiger partial charge in [-0.25, -0.2) is 0 Å². The number of hydrogen-bond donors (Lipinski definition) is 0. The number of aromatic nitrogens is 1. The summed E-state index contributed by atoms with van der Waals surface area (Å²) in [6.07, 6.45) is 8.17. The fourth-order valence-corrected chi connectivity index (χ4v) is 4.60. The van der Waals surface area contributed by atoms with Crippen LogP contribution in [-0.2, 0) is 6.54 Å². The smallest absolute Gasteiger partial charge is 0.0707 e. The number of aryl methyl sites for hydroxylation is 1. The Morgan fingerprint density at radius 1 is 0.957 bits per heavy atom. The van der Waals surface area contributed by atoms with Crippen molar-refractivity contribution in [3.63, 3.8) is 0 Å². The molecule has 0 N–H and O–H groups in total. The Bertz CT molecular complexity index is 603. The van der Waals surface area contributed by atoms with E-state index in [0.29, 0.717) is 0 Å². The van der Waals surface area contributed by atoms with Gasteiger partial charge in [-0.1, -0.05) is 61.3 Å². The van der Waals surface area contributed by atoms with Gasteiger partial charge in [0.25, 0.3) is 0 Å². The molecule has 129 valence electrons. The number of hydrogen-bond acceptors (Lipinski definition) is 2. The van der Waals surface area contributed by atoms with E-state index in [9.17, 15) is 0 Å². The summed E-state index contributed by atoms with van der Waals surface area (Å²) in [7, 11) is 0. The van der Waals surface area contributed by atoms with Crippen LogP contribution in [0.2, 0.25) is 0 Å². The van der Waals surface area contributed by atoms with Gasteiger partial charge in [0.2, 0.25) is 0 Å². The number of fused-ring (bicyclic) bond motifs is 3. The fourth-order valence-electron chi connectivity index (χ4n) is 2.73. The standard InChI is InChI=1S/C16H20NS2.3CH4.Sn/c1-2-3-4-5-6-7-10-17-13-8-11-18-15(13)16-14(17)9-12-19-16;;;;/h8-9,11H,2-7,10H2,1H3;3*1H4;. The molecule has 23 heavy (non-hydrogen) atoms. The van der Waals surface area contributed by atoms with Crippen molar-refractivity contribution in [2.45, 2.75) is 74.3 Å². The van der Waals surface area contributed by atoms with Crippen LogP contribution in [0, 0.1) is 5.38 Å². The summed E-state index contributed by atoms with van der Waals surface area (Å²) in [6.45, 7) is 3.43. The van der Waals surface area contributed by atoms with Crippen molar-refractivity contribution in [2.24, 2.45) is 0 Å². The third kappa shape index (κ3) is 5.50. The summed E-state index contributed by atoms with van der Waals surface area (Å²) >= 11 is 3.62. The van der Waals surface area contributed by atoms with Crippen LogP contribution in [0.3, 0.4) is 0 Å². The molecule has 0 atom stereocenters. The average molecular weight is 457 g/mol. The van der Waals surface area contributed by atoms with E-state index in [4.69, 9.17) is 0 Å². The van der Waals surface area contributed by atoms with Crippen LogP contribution in [0.25, 0.3) is 20.4 Å².